The second kappa shape index (κ2) is 14.6. The molecule has 0 saturated carbocycles. The number of nitrogens with zero attached hydrogens (tertiary/aromatic N) is 6. The molecule has 5 heterocycles. The van der Waals surface area contributed by atoms with Gasteiger partial charge in [-0.3, -0.25) is 14.7 Å². The Labute approximate surface area is 302 Å². The maximum Gasteiger partial charge on any atom is 0.319 e. The summed E-state index contributed by atoms with van der Waals surface area (Å²) in [6.07, 6.45) is 10.5. The first-order valence-electron chi connectivity index (χ1n) is 18.1. The van der Waals surface area contributed by atoms with Crippen LogP contribution in [-0.4, -0.2) is 112 Å². The Morgan fingerprint density at radius 1 is 1.27 bits per heavy atom. The zero-order chi connectivity index (χ0) is 36.7. The molecule has 276 valence electrons. The summed E-state index contributed by atoms with van der Waals surface area (Å²) < 4.78 is 58.9. The SMILES string of the molecule is C#Cc1c(F)ccc2c1[C@@H](c1ncc3c(N(C)C[C@@H]4CCCN4C(=O)C=C)nc(OC[C@]4(C)C[C@@H](F)CN4C4CCOCC4)nc3c1F)C[C@@H](O)C2. The van der Waals surface area contributed by atoms with Gasteiger partial charge in [0.25, 0.3) is 0 Å². The number of aliphatic hydroxyl groups is 1. The number of ether oxygens (including phenoxy) is 2. The van der Waals surface area contributed by atoms with E-state index < -0.39 is 35.4 Å². The molecule has 3 fully saturated rings. The van der Waals surface area contributed by atoms with Crippen LogP contribution in [0.3, 0.4) is 0 Å². The fourth-order valence-corrected chi connectivity index (χ4v) is 8.85. The van der Waals surface area contributed by atoms with Gasteiger partial charge in [-0.05, 0) is 68.7 Å². The van der Waals surface area contributed by atoms with Crippen LogP contribution in [0.2, 0.25) is 0 Å². The van der Waals surface area contributed by atoms with Crippen molar-refractivity contribution in [2.24, 2.45) is 0 Å². The highest BCUT2D eigenvalue weighted by Gasteiger charge is 2.46. The standard InChI is InChI=1S/C39H45F3N6O4/c1-5-28-31(41)10-9-23-16-27(49)17-29(33(23)28)35-34(42)36-30(19-43-35)37(46(4)21-26-8-7-13-47(26)32(50)6-2)45-38(44-36)52-22-39(3)18-24(40)20-48(39)25-11-14-51-15-12-25/h1,6,9-10,19,24-27,29,49H,2,7-8,11-18,20-22H2,3-4H3/t24-,26+,27+,29+,39+/m1/s1. The Morgan fingerprint density at radius 3 is 2.81 bits per heavy atom. The largest absolute Gasteiger partial charge is 0.461 e. The summed E-state index contributed by atoms with van der Waals surface area (Å²) in [7, 11) is 1.81. The average molecular weight is 719 g/mol. The number of anilines is 1. The maximum atomic E-state index is 17.0. The number of carbonyl (C=O) groups is 1. The Bertz CT molecular complexity index is 1900. The Hall–Kier alpha value is -4.25. The number of likely N-dealkylation sites (N-methyl/N-ethyl adjacent to an activating group) is 1. The number of hydrogen-bond acceptors (Lipinski definition) is 9. The summed E-state index contributed by atoms with van der Waals surface area (Å²) in [6, 6.07) is 2.75. The van der Waals surface area contributed by atoms with Crippen molar-refractivity contribution in [3.05, 3.63) is 65.0 Å². The van der Waals surface area contributed by atoms with E-state index in [1.807, 2.05) is 11.8 Å². The van der Waals surface area contributed by atoms with Gasteiger partial charge in [0.05, 0.1) is 28.3 Å². The van der Waals surface area contributed by atoms with Crippen LogP contribution in [0.4, 0.5) is 19.0 Å². The molecule has 4 aliphatic rings. The lowest BCUT2D eigenvalue weighted by molar-refractivity contribution is -0.126. The fourth-order valence-electron chi connectivity index (χ4n) is 8.85. The van der Waals surface area contributed by atoms with Crippen molar-refractivity contribution in [3.8, 4) is 18.4 Å². The lowest BCUT2D eigenvalue weighted by Crippen LogP contribution is -2.52. The molecule has 0 radical (unpaired) electrons. The average Bonchev–Trinajstić information content (AvgIpc) is 3.73. The number of amides is 1. The molecule has 3 aliphatic heterocycles. The Kier molecular flexibility index (Phi) is 10.2. The van der Waals surface area contributed by atoms with Gasteiger partial charge in [0, 0.05) is 70.5 Å². The maximum absolute atomic E-state index is 17.0. The number of fused-ring (bicyclic) bond motifs is 2. The third-order valence-electron chi connectivity index (χ3n) is 11.3. The number of hydrogen-bond donors (Lipinski definition) is 1. The van der Waals surface area contributed by atoms with Crippen molar-refractivity contribution < 1.29 is 32.5 Å². The van der Waals surface area contributed by atoms with Crippen molar-refractivity contribution >= 4 is 22.6 Å². The topological polar surface area (TPSA) is 104 Å². The number of benzene rings is 1. The van der Waals surface area contributed by atoms with Crippen LogP contribution in [0.15, 0.2) is 31.0 Å². The molecule has 2 aromatic heterocycles. The third kappa shape index (κ3) is 6.72. The molecule has 3 saturated heterocycles. The van der Waals surface area contributed by atoms with Gasteiger partial charge in [0.1, 0.15) is 29.9 Å². The van der Waals surface area contributed by atoms with Crippen LogP contribution in [0.1, 0.15) is 73.8 Å². The number of aliphatic hydroxyl groups excluding tert-OH is 1. The molecule has 0 unspecified atom stereocenters. The van der Waals surface area contributed by atoms with E-state index in [0.29, 0.717) is 48.6 Å². The van der Waals surface area contributed by atoms with E-state index in [4.69, 9.17) is 20.9 Å². The van der Waals surface area contributed by atoms with Gasteiger partial charge in [-0.2, -0.15) is 9.97 Å². The second-order valence-electron chi connectivity index (χ2n) is 14.8. The predicted octanol–water partition coefficient (Wildman–Crippen LogP) is 4.70. The number of likely N-dealkylation sites (tertiary alicyclic amines) is 2. The second-order valence-corrected chi connectivity index (χ2v) is 14.8. The number of halogens is 3. The van der Waals surface area contributed by atoms with Crippen molar-refractivity contribution in [1.29, 1.82) is 0 Å². The molecule has 1 N–H and O–H groups in total. The van der Waals surface area contributed by atoms with Gasteiger partial charge in [-0.25, -0.2) is 13.2 Å². The van der Waals surface area contributed by atoms with Gasteiger partial charge >= 0.3 is 6.01 Å². The Morgan fingerprint density at radius 2 is 2.06 bits per heavy atom. The van der Waals surface area contributed by atoms with Crippen LogP contribution in [0, 0.1) is 24.0 Å². The van der Waals surface area contributed by atoms with E-state index in [2.05, 4.69) is 27.4 Å². The van der Waals surface area contributed by atoms with Crippen LogP contribution in [0.25, 0.3) is 10.9 Å². The number of aromatic nitrogens is 3. The third-order valence-corrected chi connectivity index (χ3v) is 11.3. The van der Waals surface area contributed by atoms with Crippen molar-refractivity contribution in [3.63, 3.8) is 0 Å². The number of pyridine rings is 1. The quantitative estimate of drug-likeness (QED) is 0.249. The first-order valence-corrected chi connectivity index (χ1v) is 18.1. The lowest BCUT2D eigenvalue weighted by atomic mass is 9.77. The first kappa shape index (κ1) is 36.1. The molecular weight excluding hydrogens is 673 g/mol. The molecule has 52 heavy (non-hydrogen) atoms. The Balaban J connectivity index is 1.29. The van der Waals surface area contributed by atoms with Gasteiger partial charge in [-0.15, -0.1) is 6.42 Å². The minimum absolute atomic E-state index is 0.0167. The van der Waals surface area contributed by atoms with Gasteiger partial charge in [0.2, 0.25) is 5.91 Å². The molecule has 7 rings (SSSR count). The molecule has 1 aliphatic carbocycles. The molecule has 3 aromatic rings. The van der Waals surface area contributed by atoms with E-state index in [1.54, 1.807) is 18.0 Å². The van der Waals surface area contributed by atoms with Crippen LogP contribution in [0.5, 0.6) is 6.01 Å². The molecule has 13 heteroatoms. The summed E-state index contributed by atoms with van der Waals surface area (Å²) >= 11 is 0. The number of rotatable bonds is 9. The molecule has 10 nitrogen and oxygen atoms in total. The highest BCUT2D eigenvalue weighted by molar-refractivity contribution is 5.90. The zero-order valence-electron chi connectivity index (χ0n) is 29.7. The lowest BCUT2D eigenvalue weighted by Gasteiger charge is -2.41. The number of terminal acetylenes is 1. The minimum atomic E-state index is -1.03. The van der Waals surface area contributed by atoms with Gasteiger partial charge in [0.15, 0.2) is 5.82 Å². The molecule has 0 spiro atoms. The summed E-state index contributed by atoms with van der Waals surface area (Å²) in [4.78, 5) is 32.3. The summed E-state index contributed by atoms with van der Waals surface area (Å²) in [6.45, 7) is 8.19. The highest BCUT2D eigenvalue weighted by Crippen LogP contribution is 2.42. The summed E-state index contributed by atoms with van der Waals surface area (Å²) in [5.41, 5.74) is 0.317. The summed E-state index contributed by atoms with van der Waals surface area (Å²) in [5, 5.41) is 11.1. The van der Waals surface area contributed by atoms with Crippen LogP contribution >= 0.6 is 0 Å². The van der Waals surface area contributed by atoms with E-state index in [-0.39, 0.29) is 73.2 Å². The van der Waals surface area contributed by atoms with E-state index >= 15 is 8.78 Å². The number of carbonyl (C=O) groups excluding carboxylic acids is 1. The molecule has 1 amide bonds. The molecule has 1 aromatic carbocycles. The minimum Gasteiger partial charge on any atom is -0.461 e. The normalized spacial score (nSPS) is 26.7. The van der Waals surface area contributed by atoms with Crippen LogP contribution < -0.4 is 9.64 Å². The highest BCUT2D eigenvalue weighted by atomic mass is 19.1. The number of alkyl halides is 1. The monoisotopic (exact) mass is 718 g/mol. The van der Waals surface area contributed by atoms with Crippen LogP contribution in [-0.2, 0) is 16.0 Å². The van der Waals surface area contributed by atoms with Crippen molar-refractivity contribution in [2.45, 2.75) is 87.7 Å². The fraction of sp³-hybridized carbons (Fsp3) is 0.538. The van der Waals surface area contributed by atoms with Gasteiger partial charge < -0.3 is 24.4 Å². The first-order chi connectivity index (χ1) is 25.0. The van der Waals surface area contributed by atoms with E-state index in [1.165, 1.54) is 18.3 Å². The van der Waals surface area contributed by atoms with Gasteiger partial charge in [-0.1, -0.05) is 18.6 Å². The summed E-state index contributed by atoms with van der Waals surface area (Å²) in [5.74, 6) is 0.402. The van der Waals surface area contributed by atoms with E-state index in [9.17, 15) is 14.3 Å². The molecule has 5 atom stereocenters. The van der Waals surface area contributed by atoms with Crippen molar-refractivity contribution in [1.82, 2.24) is 24.8 Å². The van der Waals surface area contributed by atoms with E-state index in [0.717, 1.165) is 25.7 Å². The zero-order valence-corrected chi connectivity index (χ0v) is 29.7. The smallest absolute Gasteiger partial charge is 0.319 e. The molecular formula is C39H45F3N6O4. The molecule has 0 bridgehead atoms. The van der Waals surface area contributed by atoms with Crippen molar-refractivity contribution in [2.75, 3.05) is 51.4 Å². The predicted molar refractivity (Wildman–Crippen MR) is 190 cm³/mol.